The van der Waals surface area contributed by atoms with E-state index < -0.39 is 5.97 Å². The smallest absolute Gasteiger partial charge is 0.338 e. The third-order valence-electron chi connectivity index (χ3n) is 5.64. The van der Waals surface area contributed by atoms with Gasteiger partial charge in [-0.2, -0.15) is 0 Å². The molecule has 0 spiro atoms. The van der Waals surface area contributed by atoms with E-state index in [9.17, 15) is 14.4 Å². The number of rotatable bonds is 8. The summed E-state index contributed by atoms with van der Waals surface area (Å²) in [5.41, 5.74) is 3.20. The molecule has 0 atom stereocenters. The number of carbonyl (C=O) groups excluding carboxylic acids is 3. The lowest BCUT2D eigenvalue weighted by molar-refractivity contribution is -0.128. The van der Waals surface area contributed by atoms with E-state index in [1.54, 1.807) is 12.1 Å². The largest absolute Gasteiger partial charge is 0.452 e. The molecule has 6 heteroatoms. The Morgan fingerprint density at radius 1 is 0.879 bits per heavy atom. The fourth-order valence-corrected chi connectivity index (χ4v) is 3.90. The van der Waals surface area contributed by atoms with Gasteiger partial charge in [-0.25, -0.2) is 4.79 Å². The Bertz CT molecular complexity index is 1060. The van der Waals surface area contributed by atoms with Gasteiger partial charge in [0.05, 0.1) is 11.6 Å². The van der Waals surface area contributed by atoms with Crippen molar-refractivity contribution in [3.63, 3.8) is 0 Å². The predicted octanol–water partition coefficient (Wildman–Crippen LogP) is 3.87. The maximum Gasteiger partial charge on any atom is 0.338 e. The molecule has 168 valence electrons. The number of nitrogens with one attached hydrogen (secondary N) is 1. The van der Waals surface area contributed by atoms with E-state index in [0.29, 0.717) is 18.5 Å². The summed E-state index contributed by atoms with van der Waals surface area (Å²) in [5, 5.41) is 2.96. The summed E-state index contributed by atoms with van der Waals surface area (Å²) in [6.07, 6.45) is 1.49. The third-order valence-corrected chi connectivity index (χ3v) is 5.64. The van der Waals surface area contributed by atoms with Crippen LogP contribution in [0, 0.1) is 0 Å². The lowest BCUT2D eigenvalue weighted by Crippen LogP contribution is -2.33. The molecule has 0 unspecified atom stereocenters. The number of ether oxygens (including phenoxy) is 1. The average Bonchev–Trinajstić information content (AvgIpc) is 3.26. The van der Waals surface area contributed by atoms with Crippen molar-refractivity contribution in [1.82, 2.24) is 10.2 Å². The van der Waals surface area contributed by atoms with Crippen LogP contribution in [0.15, 0.2) is 84.9 Å². The minimum absolute atomic E-state index is 0.161. The Hall–Kier alpha value is -3.93. The standard InChI is InChI=1S/C27H26N2O4/c30-24(28-26(21-8-3-1-4-9-21)22-10-5-2-6-11-22)19-33-27(32)23-15-13-20(14-16-23)18-29-17-7-12-25(29)31/h1-6,8-11,13-16,26H,7,12,17-19H2,(H,28,30). The van der Waals surface area contributed by atoms with Crippen LogP contribution in [0.1, 0.15) is 45.9 Å². The molecule has 6 nitrogen and oxygen atoms in total. The van der Waals surface area contributed by atoms with Crippen LogP contribution in [0.5, 0.6) is 0 Å². The van der Waals surface area contributed by atoms with Crippen LogP contribution in [0.25, 0.3) is 0 Å². The maximum absolute atomic E-state index is 12.6. The molecule has 1 fully saturated rings. The second kappa shape index (κ2) is 10.6. The molecule has 33 heavy (non-hydrogen) atoms. The van der Waals surface area contributed by atoms with Gasteiger partial charge in [0.1, 0.15) is 0 Å². The lowest BCUT2D eigenvalue weighted by Gasteiger charge is -2.20. The van der Waals surface area contributed by atoms with Crippen LogP contribution in [0.3, 0.4) is 0 Å². The minimum atomic E-state index is -0.565. The van der Waals surface area contributed by atoms with E-state index >= 15 is 0 Å². The Labute approximate surface area is 193 Å². The van der Waals surface area contributed by atoms with Crippen LogP contribution in [0.2, 0.25) is 0 Å². The van der Waals surface area contributed by atoms with E-state index in [1.165, 1.54) is 0 Å². The summed E-state index contributed by atoms with van der Waals surface area (Å²) in [4.78, 5) is 38.6. The molecule has 4 rings (SSSR count). The van der Waals surface area contributed by atoms with Crippen LogP contribution in [0.4, 0.5) is 0 Å². The fourth-order valence-electron chi connectivity index (χ4n) is 3.90. The predicted molar refractivity (Wildman–Crippen MR) is 124 cm³/mol. The third kappa shape index (κ3) is 5.86. The highest BCUT2D eigenvalue weighted by Gasteiger charge is 2.21. The van der Waals surface area contributed by atoms with Gasteiger partial charge >= 0.3 is 5.97 Å². The molecule has 0 aliphatic carbocycles. The molecule has 0 aromatic heterocycles. The van der Waals surface area contributed by atoms with Crippen molar-refractivity contribution in [2.75, 3.05) is 13.2 Å². The maximum atomic E-state index is 12.6. The molecule has 1 aliphatic rings. The molecule has 3 aromatic carbocycles. The van der Waals surface area contributed by atoms with E-state index in [0.717, 1.165) is 29.7 Å². The number of carbonyl (C=O) groups is 3. The Kier molecular flexibility index (Phi) is 7.15. The second-order valence-electron chi connectivity index (χ2n) is 8.01. The van der Waals surface area contributed by atoms with Gasteiger partial charge < -0.3 is 15.0 Å². The molecular weight excluding hydrogens is 416 g/mol. The number of amides is 2. The average molecular weight is 443 g/mol. The first-order chi connectivity index (χ1) is 16.1. The first-order valence-electron chi connectivity index (χ1n) is 11.0. The number of likely N-dealkylation sites (tertiary alicyclic amines) is 1. The van der Waals surface area contributed by atoms with Gasteiger partial charge in [-0.1, -0.05) is 72.8 Å². The molecule has 1 saturated heterocycles. The molecular formula is C27H26N2O4. The Morgan fingerprint density at radius 2 is 1.48 bits per heavy atom. The zero-order valence-corrected chi connectivity index (χ0v) is 18.3. The van der Waals surface area contributed by atoms with Crippen LogP contribution >= 0.6 is 0 Å². The van der Waals surface area contributed by atoms with Crippen molar-refractivity contribution in [3.05, 3.63) is 107 Å². The van der Waals surface area contributed by atoms with Gasteiger partial charge in [0.25, 0.3) is 5.91 Å². The number of hydrogen-bond donors (Lipinski definition) is 1. The number of nitrogens with zero attached hydrogens (tertiary/aromatic N) is 1. The van der Waals surface area contributed by atoms with E-state index in [-0.39, 0.29) is 24.5 Å². The summed E-state index contributed by atoms with van der Waals surface area (Å²) in [7, 11) is 0. The van der Waals surface area contributed by atoms with Gasteiger partial charge in [-0.05, 0) is 35.2 Å². The van der Waals surface area contributed by atoms with Gasteiger partial charge in [0, 0.05) is 19.5 Å². The van der Waals surface area contributed by atoms with Gasteiger partial charge in [0.2, 0.25) is 5.91 Å². The monoisotopic (exact) mass is 442 g/mol. The van der Waals surface area contributed by atoms with Crippen LogP contribution < -0.4 is 5.32 Å². The van der Waals surface area contributed by atoms with Gasteiger partial charge in [-0.15, -0.1) is 0 Å². The molecule has 0 bridgehead atoms. The minimum Gasteiger partial charge on any atom is -0.452 e. The van der Waals surface area contributed by atoms with Crippen molar-refractivity contribution >= 4 is 17.8 Å². The summed E-state index contributed by atoms with van der Waals surface area (Å²) in [5.74, 6) is -0.788. The highest BCUT2D eigenvalue weighted by Crippen LogP contribution is 2.21. The molecule has 1 aliphatic heterocycles. The highest BCUT2D eigenvalue weighted by molar-refractivity contribution is 5.91. The normalized spacial score (nSPS) is 13.2. The Balaban J connectivity index is 1.33. The molecule has 0 saturated carbocycles. The van der Waals surface area contributed by atoms with Gasteiger partial charge in [0.15, 0.2) is 6.61 Å². The summed E-state index contributed by atoms with van der Waals surface area (Å²) >= 11 is 0. The van der Waals surface area contributed by atoms with E-state index in [2.05, 4.69) is 5.32 Å². The molecule has 1 N–H and O–H groups in total. The zero-order chi connectivity index (χ0) is 23.0. The SMILES string of the molecule is O=C(COC(=O)c1ccc(CN2CCCC2=O)cc1)NC(c1ccccc1)c1ccccc1. The van der Waals surface area contributed by atoms with Crippen molar-refractivity contribution in [2.45, 2.75) is 25.4 Å². The van der Waals surface area contributed by atoms with Crippen molar-refractivity contribution in [3.8, 4) is 0 Å². The highest BCUT2D eigenvalue weighted by atomic mass is 16.5. The fraction of sp³-hybridized carbons (Fsp3) is 0.222. The lowest BCUT2D eigenvalue weighted by atomic mass is 9.99. The molecule has 3 aromatic rings. The van der Waals surface area contributed by atoms with Crippen molar-refractivity contribution in [1.29, 1.82) is 0 Å². The topological polar surface area (TPSA) is 75.7 Å². The van der Waals surface area contributed by atoms with Crippen molar-refractivity contribution in [2.24, 2.45) is 0 Å². The first kappa shape index (κ1) is 22.3. The summed E-state index contributed by atoms with van der Waals surface area (Å²) < 4.78 is 5.24. The number of esters is 1. The zero-order valence-electron chi connectivity index (χ0n) is 18.3. The van der Waals surface area contributed by atoms with Crippen molar-refractivity contribution < 1.29 is 19.1 Å². The van der Waals surface area contributed by atoms with Crippen LogP contribution in [-0.4, -0.2) is 35.8 Å². The summed E-state index contributed by atoms with van der Waals surface area (Å²) in [6.45, 7) is 0.931. The second-order valence-corrected chi connectivity index (χ2v) is 8.01. The van der Waals surface area contributed by atoms with E-state index in [1.807, 2.05) is 77.7 Å². The van der Waals surface area contributed by atoms with E-state index in [4.69, 9.17) is 4.74 Å². The first-order valence-corrected chi connectivity index (χ1v) is 11.0. The quantitative estimate of drug-likeness (QED) is 0.538. The summed E-state index contributed by atoms with van der Waals surface area (Å²) in [6, 6.07) is 25.9. The van der Waals surface area contributed by atoms with Crippen LogP contribution in [-0.2, 0) is 20.9 Å². The Morgan fingerprint density at radius 3 is 2.03 bits per heavy atom. The number of benzene rings is 3. The van der Waals surface area contributed by atoms with Gasteiger partial charge in [-0.3, -0.25) is 9.59 Å². The molecule has 2 amide bonds. The number of hydrogen-bond acceptors (Lipinski definition) is 4. The molecule has 0 radical (unpaired) electrons. The molecule has 1 heterocycles.